The summed E-state index contributed by atoms with van der Waals surface area (Å²) in [6.07, 6.45) is 2.20. The monoisotopic (exact) mass is 682 g/mol. The molecule has 0 saturated carbocycles. The molecule has 46 heavy (non-hydrogen) atoms. The number of benzene rings is 2. The Morgan fingerprint density at radius 3 is 2.07 bits per heavy atom. The van der Waals surface area contributed by atoms with Crippen molar-refractivity contribution in [2.45, 2.75) is 77.2 Å². The molecule has 262 valence electrons. The summed E-state index contributed by atoms with van der Waals surface area (Å²) in [5.74, 6) is 0.171. The summed E-state index contributed by atoms with van der Waals surface area (Å²) < 4.78 is 46.2. The molecule has 1 aliphatic rings. The number of anilines is 1. The third-order valence-corrected chi connectivity index (χ3v) is 12.2. The van der Waals surface area contributed by atoms with E-state index in [0.717, 1.165) is 61.4 Å². The Hall–Kier alpha value is -1.88. The van der Waals surface area contributed by atoms with Crippen molar-refractivity contribution in [3.8, 4) is 5.75 Å². The lowest BCUT2D eigenvalue weighted by Gasteiger charge is -2.39. The number of ether oxygens (including phenoxy) is 3. The molecule has 3 atom stereocenters. The lowest BCUT2D eigenvalue weighted by Crippen LogP contribution is -3.00. The standard InChI is InChI=1S/C36H59N2O6S.ClH/c1-8-13-20-36(9-2)28-45(40,41)33-19-16-30(37(6)7)27-32(33)34(35(36)39)29-14-17-31(18-15-29)44-26-25-43-24-23-42-22-21-38(10-3,11-4)12-5;/h14-19,27,34-35,39H,8-13,20-26,28H2,1-7H3;1H/q+1;/p-1/t34-,35-,36-;/m1./s1. The fourth-order valence-electron chi connectivity index (χ4n) is 6.72. The number of quaternary nitrogens is 1. The minimum atomic E-state index is -3.62. The van der Waals surface area contributed by atoms with Crippen LogP contribution in [-0.2, 0) is 19.3 Å². The van der Waals surface area contributed by atoms with Crippen molar-refractivity contribution in [1.82, 2.24) is 0 Å². The second kappa shape index (κ2) is 18.6. The van der Waals surface area contributed by atoms with Gasteiger partial charge in [0.25, 0.3) is 0 Å². The van der Waals surface area contributed by atoms with Gasteiger partial charge >= 0.3 is 0 Å². The molecule has 2 aromatic rings. The summed E-state index contributed by atoms with van der Waals surface area (Å²) in [7, 11) is 0.263. The Kier molecular flexibility index (Phi) is 16.3. The van der Waals surface area contributed by atoms with Crippen LogP contribution in [0.15, 0.2) is 47.4 Å². The molecule has 3 rings (SSSR count). The quantitative estimate of drug-likeness (QED) is 0.180. The van der Waals surface area contributed by atoms with Gasteiger partial charge in [0.1, 0.15) is 18.9 Å². The number of nitrogens with zero attached hydrogens (tertiary/aromatic N) is 2. The Morgan fingerprint density at radius 1 is 0.891 bits per heavy atom. The maximum absolute atomic E-state index is 13.8. The van der Waals surface area contributed by atoms with Crippen LogP contribution in [0.5, 0.6) is 5.75 Å². The van der Waals surface area contributed by atoms with Crippen molar-refractivity contribution in [3.05, 3.63) is 53.6 Å². The topological polar surface area (TPSA) is 85.3 Å². The molecule has 0 aromatic heterocycles. The van der Waals surface area contributed by atoms with E-state index in [4.69, 9.17) is 14.2 Å². The number of hydrogen-bond acceptors (Lipinski definition) is 7. The molecular formula is C36H59ClN2O6S. The van der Waals surface area contributed by atoms with E-state index in [-0.39, 0.29) is 18.2 Å². The van der Waals surface area contributed by atoms with Gasteiger partial charge in [0, 0.05) is 31.1 Å². The van der Waals surface area contributed by atoms with Gasteiger partial charge in [-0.05, 0) is 75.1 Å². The zero-order valence-corrected chi connectivity index (χ0v) is 30.8. The molecule has 2 aromatic carbocycles. The van der Waals surface area contributed by atoms with E-state index in [0.29, 0.717) is 55.5 Å². The second-order valence-electron chi connectivity index (χ2n) is 12.8. The summed E-state index contributed by atoms with van der Waals surface area (Å²) >= 11 is 0. The summed E-state index contributed by atoms with van der Waals surface area (Å²) in [5.41, 5.74) is 1.70. The number of hydrogen-bond donors (Lipinski definition) is 1. The van der Waals surface area contributed by atoms with Gasteiger partial charge in [0.2, 0.25) is 0 Å². The van der Waals surface area contributed by atoms with Crippen molar-refractivity contribution >= 4 is 15.5 Å². The van der Waals surface area contributed by atoms with E-state index in [1.54, 1.807) is 6.07 Å². The SMILES string of the molecule is CCCC[C@]1(CC)CS(=O)(=O)c2ccc(N(C)C)cc2[C@@H](c2ccc(OCCOCCOCC[N+](CC)(CC)CC)cc2)[C@H]1O.[Cl-]. The fraction of sp³-hybridized carbons (Fsp3) is 0.667. The highest BCUT2D eigenvalue weighted by Crippen LogP contribution is 2.49. The number of rotatable bonds is 19. The number of unbranched alkanes of at least 4 members (excludes halogenated alkanes) is 1. The van der Waals surface area contributed by atoms with Crippen molar-refractivity contribution in [1.29, 1.82) is 0 Å². The second-order valence-corrected chi connectivity index (χ2v) is 14.7. The molecule has 10 heteroatoms. The van der Waals surface area contributed by atoms with Gasteiger partial charge in [0.05, 0.1) is 62.8 Å². The number of fused-ring (bicyclic) bond motifs is 1. The van der Waals surface area contributed by atoms with E-state index in [2.05, 4.69) is 27.7 Å². The van der Waals surface area contributed by atoms with Crippen LogP contribution in [-0.4, -0.2) is 103 Å². The van der Waals surface area contributed by atoms with Crippen LogP contribution >= 0.6 is 0 Å². The number of sulfone groups is 1. The summed E-state index contributed by atoms with van der Waals surface area (Å²) in [6, 6.07) is 13.2. The van der Waals surface area contributed by atoms with E-state index >= 15 is 0 Å². The molecule has 8 nitrogen and oxygen atoms in total. The van der Waals surface area contributed by atoms with E-state index in [1.807, 2.05) is 62.3 Å². The van der Waals surface area contributed by atoms with Gasteiger partial charge in [-0.3, -0.25) is 0 Å². The van der Waals surface area contributed by atoms with Crippen LogP contribution in [0, 0.1) is 5.41 Å². The number of aliphatic hydroxyl groups excluding tert-OH is 1. The normalized spacial score (nSPS) is 20.8. The Morgan fingerprint density at radius 2 is 1.50 bits per heavy atom. The molecule has 1 aliphatic heterocycles. The van der Waals surface area contributed by atoms with Crippen molar-refractivity contribution in [3.63, 3.8) is 0 Å². The van der Waals surface area contributed by atoms with Gasteiger partial charge in [0.15, 0.2) is 9.84 Å². The van der Waals surface area contributed by atoms with Crippen molar-refractivity contribution < 1.29 is 44.6 Å². The van der Waals surface area contributed by atoms with Gasteiger partial charge in [-0.2, -0.15) is 0 Å². The lowest BCUT2D eigenvalue weighted by molar-refractivity contribution is -0.923. The largest absolute Gasteiger partial charge is 1.00 e. The average Bonchev–Trinajstić information content (AvgIpc) is 3.11. The van der Waals surface area contributed by atoms with Gasteiger partial charge in [-0.25, -0.2) is 8.42 Å². The first-order valence-corrected chi connectivity index (χ1v) is 18.6. The summed E-state index contributed by atoms with van der Waals surface area (Å²) in [6.45, 7) is 17.9. The zero-order chi connectivity index (χ0) is 33.1. The molecule has 0 fully saturated rings. The average molecular weight is 683 g/mol. The first-order chi connectivity index (χ1) is 21.5. The smallest absolute Gasteiger partial charge is 0.179 e. The number of likely N-dealkylation sites (N-methyl/N-ethyl adjacent to an activating group) is 1. The van der Waals surface area contributed by atoms with Crippen LogP contribution in [0.4, 0.5) is 5.69 Å². The molecular weight excluding hydrogens is 624 g/mol. The molecule has 1 N–H and O–H groups in total. The number of halogens is 1. The van der Waals surface area contributed by atoms with Crippen molar-refractivity contribution in [2.75, 3.05) is 84.0 Å². The first kappa shape index (κ1) is 40.3. The molecule has 0 spiro atoms. The Balaban J connectivity index is 0.00000736. The summed E-state index contributed by atoms with van der Waals surface area (Å²) in [4.78, 5) is 2.29. The van der Waals surface area contributed by atoms with Crippen LogP contribution in [0.1, 0.15) is 77.3 Å². The van der Waals surface area contributed by atoms with Gasteiger partial charge in [-0.15, -0.1) is 0 Å². The van der Waals surface area contributed by atoms with Gasteiger partial charge in [-0.1, -0.05) is 38.8 Å². The molecule has 0 amide bonds. The molecule has 0 saturated heterocycles. The highest BCUT2D eigenvalue weighted by molar-refractivity contribution is 7.91. The first-order valence-electron chi connectivity index (χ1n) is 17.0. The van der Waals surface area contributed by atoms with Crippen LogP contribution in [0.25, 0.3) is 0 Å². The Bertz CT molecular complexity index is 1280. The molecule has 1 heterocycles. The molecule has 0 bridgehead atoms. The van der Waals surface area contributed by atoms with Crippen LogP contribution < -0.4 is 22.0 Å². The van der Waals surface area contributed by atoms with Gasteiger partial charge < -0.3 is 41.1 Å². The Labute approximate surface area is 285 Å². The zero-order valence-electron chi connectivity index (χ0n) is 29.3. The minimum Gasteiger partial charge on any atom is -1.00 e. The molecule has 0 radical (unpaired) electrons. The fourth-order valence-corrected chi connectivity index (χ4v) is 8.97. The lowest BCUT2D eigenvalue weighted by atomic mass is 9.69. The minimum absolute atomic E-state index is 0. The highest BCUT2D eigenvalue weighted by Gasteiger charge is 2.49. The predicted octanol–water partition coefficient (Wildman–Crippen LogP) is 2.91. The number of aliphatic hydroxyl groups is 1. The predicted molar refractivity (Wildman–Crippen MR) is 183 cm³/mol. The molecule has 0 unspecified atom stereocenters. The molecule has 0 aliphatic carbocycles. The van der Waals surface area contributed by atoms with Crippen LogP contribution in [0.3, 0.4) is 0 Å². The maximum atomic E-state index is 13.8. The highest BCUT2D eigenvalue weighted by atomic mass is 35.5. The third-order valence-electron chi connectivity index (χ3n) is 10.2. The van der Waals surface area contributed by atoms with E-state index in [1.165, 1.54) is 0 Å². The maximum Gasteiger partial charge on any atom is 0.179 e. The van der Waals surface area contributed by atoms with Crippen LogP contribution in [0.2, 0.25) is 0 Å². The summed E-state index contributed by atoms with van der Waals surface area (Å²) in [5, 5.41) is 12.1. The van der Waals surface area contributed by atoms with E-state index < -0.39 is 27.3 Å². The third kappa shape index (κ3) is 9.83. The van der Waals surface area contributed by atoms with E-state index in [9.17, 15) is 13.5 Å². The van der Waals surface area contributed by atoms with Crippen molar-refractivity contribution in [2.24, 2.45) is 5.41 Å².